The van der Waals surface area contributed by atoms with Gasteiger partial charge in [0, 0.05) is 19.2 Å². The first-order valence-electron chi connectivity index (χ1n) is 8.56. The van der Waals surface area contributed by atoms with Gasteiger partial charge in [0.2, 0.25) is 6.79 Å². The van der Waals surface area contributed by atoms with Crippen molar-refractivity contribution in [3.63, 3.8) is 0 Å². The summed E-state index contributed by atoms with van der Waals surface area (Å²) >= 11 is 0. The van der Waals surface area contributed by atoms with Crippen LogP contribution in [-0.4, -0.2) is 41.6 Å². The molecule has 28 heavy (non-hydrogen) atoms. The molecule has 0 aliphatic carbocycles. The summed E-state index contributed by atoms with van der Waals surface area (Å²) in [5.41, 5.74) is 0.274. The average molecular weight is 386 g/mol. The highest BCUT2D eigenvalue weighted by Gasteiger charge is 2.23. The number of carbonyl (C=O) groups is 2. The number of carbonyl (C=O) groups excluding carboxylic acids is 2. The van der Waals surface area contributed by atoms with Crippen molar-refractivity contribution in [3.05, 3.63) is 63.7 Å². The molecule has 0 radical (unpaired) electrons. The number of esters is 1. The molecule has 2 aromatic carbocycles. The van der Waals surface area contributed by atoms with E-state index in [0.29, 0.717) is 24.6 Å². The number of para-hydroxylation sites is 1. The van der Waals surface area contributed by atoms with Crippen molar-refractivity contribution >= 4 is 17.6 Å². The van der Waals surface area contributed by atoms with Gasteiger partial charge in [-0.05, 0) is 30.7 Å². The lowest BCUT2D eigenvalue weighted by Crippen LogP contribution is -2.34. The van der Waals surface area contributed by atoms with Crippen LogP contribution in [0.2, 0.25) is 0 Å². The van der Waals surface area contributed by atoms with Crippen LogP contribution in [0.5, 0.6) is 11.5 Å². The van der Waals surface area contributed by atoms with Gasteiger partial charge in [0.05, 0.1) is 4.92 Å². The first-order chi connectivity index (χ1) is 13.5. The number of ether oxygens (including phenoxy) is 3. The Kier molecular flexibility index (Phi) is 5.73. The van der Waals surface area contributed by atoms with Gasteiger partial charge in [-0.3, -0.25) is 14.9 Å². The third-order valence-electron chi connectivity index (χ3n) is 4.19. The monoisotopic (exact) mass is 386 g/mol. The fraction of sp³-hybridized carbons (Fsp3) is 0.263. The van der Waals surface area contributed by atoms with Gasteiger partial charge in [-0.15, -0.1) is 0 Å². The molecule has 146 valence electrons. The van der Waals surface area contributed by atoms with E-state index in [0.717, 1.165) is 5.56 Å². The maximum Gasteiger partial charge on any atom is 0.345 e. The number of amides is 1. The third-order valence-corrected chi connectivity index (χ3v) is 4.19. The Labute approximate surface area is 160 Å². The molecule has 0 N–H and O–H groups in total. The molecule has 1 heterocycles. The lowest BCUT2D eigenvalue weighted by molar-refractivity contribution is -0.385. The third kappa shape index (κ3) is 4.20. The van der Waals surface area contributed by atoms with Gasteiger partial charge in [-0.1, -0.05) is 18.2 Å². The topological polar surface area (TPSA) is 108 Å². The highest BCUT2D eigenvalue weighted by Crippen LogP contribution is 2.32. The smallest absolute Gasteiger partial charge is 0.345 e. The first-order valence-corrected chi connectivity index (χ1v) is 8.56. The van der Waals surface area contributed by atoms with E-state index in [9.17, 15) is 19.7 Å². The van der Waals surface area contributed by atoms with Gasteiger partial charge < -0.3 is 19.1 Å². The molecule has 0 saturated carbocycles. The van der Waals surface area contributed by atoms with Gasteiger partial charge in [0.1, 0.15) is 5.56 Å². The molecule has 9 heteroatoms. The SMILES string of the molecule is CCN(Cc1ccc2c(c1)OCO2)C(=O)COC(=O)c1ccccc1[N+](=O)[O-]. The summed E-state index contributed by atoms with van der Waals surface area (Å²) < 4.78 is 15.6. The maximum atomic E-state index is 12.4. The maximum absolute atomic E-state index is 12.4. The normalized spacial score (nSPS) is 11.8. The van der Waals surface area contributed by atoms with E-state index in [4.69, 9.17) is 14.2 Å². The number of likely N-dealkylation sites (N-methyl/N-ethyl adjacent to an activating group) is 1. The lowest BCUT2D eigenvalue weighted by atomic mass is 10.2. The van der Waals surface area contributed by atoms with E-state index in [1.54, 1.807) is 19.1 Å². The largest absolute Gasteiger partial charge is 0.454 e. The Morgan fingerprint density at radius 2 is 1.93 bits per heavy atom. The van der Waals surface area contributed by atoms with E-state index >= 15 is 0 Å². The predicted molar refractivity (Wildman–Crippen MR) is 97.0 cm³/mol. The Hall–Kier alpha value is -3.62. The molecule has 3 rings (SSSR count). The fourth-order valence-corrected chi connectivity index (χ4v) is 2.74. The van der Waals surface area contributed by atoms with Crippen molar-refractivity contribution in [1.29, 1.82) is 0 Å². The molecule has 1 aliphatic rings. The highest BCUT2D eigenvalue weighted by molar-refractivity contribution is 5.95. The van der Waals surface area contributed by atoms with Crippen molar-refractivity contribution in [3.8, 4) is 11.5 Å². The molecule has 0 spiro atoms. The van der Waals surface area contributed by atoms with Gasteiger partial charge in [0.15, 0.2) is 18.1 Å². The summed E-state index contributed by atoms with van der Waals surface area (Å²) in [6, 6.07) is 10.8. The zero-order valence-corrected chi connectivity index (χ0v) is 15.1. The molecule has 1 amide bonds. The number of nitrogens with zero attached hydrogens (tertiary/aromatic N) is 2. The molecule has 0 aromatic heterocycles. The Bertz CT molecular complexity index is 913. The van der Waals surface area contributed by atoms with Crippen molar-refractivity contribution in [1.82, 2.24) is 4.90 Å². The van der Waals surface area contributed by atoms with Gasteiger partial charge >= 0.3 is 5.97 Å². The van der Waals surface area contributed by atoms with E-state index in [2.05, 4.69) is 0 Å². The number of rotatable bonds is 7. The van der Waals surface area contributed by atoms with Gasteiger partial charge in [-0.2, -0.15) is 0 Å². The molecule has 0 saturated heterocycles. The summed E-state index contributed by atoms with van der Waals surface area (Å²) in [5.74, 6) is -0.0628. The Morgan fingerprint density at radius 3 is 2.68 bits per heavy atom. The lowest BCUT2D eigenvalue weighted by Gasteiger charge is -2.21. The van der Waals surface area contributed by atoms with Crippen LogP contribution in [-0.2, 0) is 16.1 Å². The summed E-state index contributed by atoms with van der Waals surface area (Å²) in [7, 11) is 0. The minimum absolute atomic E-state index is 0.163. The van der Waals surface area contributed by atoms with Crippen molar-refractivity contribution in [2.45, 2.75) is 13.5 Å². The van der Waals surface area contributed by atoms with Crippen LogP contribution in [0.15, 0.2) is 42.5 Å². The molecule has 0 fully saturated rings. The molecule has 0 bridgehead atoms. The van der Waals surface area contributed by atoms with E-state index in [1.807, 2.05) is 6.07 Å². The Morgan fingerprint density at radius 1 is 1.18 bits per heavy atom. The molecule has 0 unspecified atom stereocenters. The second-order valence-electron chi connectivity index (χ2n) is 5.95. The molecular formula is C19H18N2O7. The van der Waals surface area contributed by atoms with Crippen LogP contribution < -0.4 is 9.47 Å². The van der Waals surface area contributed by atoms with Crippen LogP contribution in [0, 0.1) is 10.1 Å². The highest BCUT2D eigenvalue weighted by atomic mass is 16.7. The average Bonchev–Trinajstić information content (AvgIpc) is 3.17. The van der Waals surface area contributed by atoms with Gasteiger partial charge in [-0.25, -0.2) is 4.79 Å². The van der Waals surface area contributed by atoms with Crippen LogP contribution in [0.25, 0.3) is 0 Å². The van der Waals surface area contributed by atoms with Crippen molar-refractivity contribution in [2.24, 2.45) is 0 Å². The minimum atomic E-state index is -0.917. The molecule has 0 atom stereocenters. The standard InChI is InChI=1S/C19H18N2O7/c1-2-20(10-13-7-8-16-17(9-13)28-12-27-16)18(22)11-26-19(23)14-5-3-4-6-15(14)21(24)25/h3-9H,2,10-12H2,1H3. The second kappa shape index (κ2) is 8.38. The molecule has 1 aliphatic heterocycles. The van der Waals surface area contributed by atoms with Crippen LogP contribution in [0.4, 0.5) is 5.69 Å². The van der Waals surface area contributed by atoms with E-state index in [1.165, 1.54) is 29.2 Å². The summed E-state index contributed by atoms with van der Waals surface area (Å²) in [6.07, 6.45) is 0. The van der Waals surface area contributed by atoms with E-state index < -0.39 is 23.4 Å². The summed E-state index contributed by atoms with van der Waals surface area (Å²) in [6.45, 7) is 2.15. The van der Waals surface area contributed by atoms with Crippen LogP contribution >= 0.6 is 0 Å². The van der Waals surface area contributed by atoms with Crippen molar-refractivity contribution < 1.29 is 28.7 Å². The summed E-state index contributed by atoms with van der Waals surface area (Å²) in [5, 5.41) is 11.0. The molecular weight excluding hydrogens is 368 g/mol. The first kappa shape index (κ1) is 19.2. The zero-order chi connectivity index (χ0) is 20.1. The number of nitro benzene ring substituents is 1. The Balaban J connectivity index is 1.61. The minimum Gasteiger partial charge on any atom is -0.454 e. The number of hydrogen-bond donors (Lipinski definition) is 0. The van der Waals surface area contributed by atoms with E-state index in [-0.39, 0.29) is 18.0 Å². The fourth-order valence-electron chi connectivity index (χ4n) is 2.74. The predicted octanol–water partition coefficient (Wildman–Crippen LogP) is 2.53. The molecule has 9 nitrogen and oxygen atoms in total. The number of benzene rings is 2. The van der Waals surface area contributed by atoms with Gasteiger partial charge in [0.25, 0.3) is 11.6 Å². The number of fused-ring (bicyclic) bond motifs is 1. The zero-order valence-electron chi connectivity index (χ0n) is 15.1. The number of hydrogen-bond acceptors (Lipinski definition) is 7. The van der Waals surface area contributed by atoms with Crippen LogP contribution in [0.1, 0.15) is 22.8 Å². The number of nitro groups is 1. The van der Waals surface area contributed by atoms with Crippen LogP contribution in [0.3, 0.4) is 0 Å². The second-order valence-corrected chi connectivity index (χ2v) is 5.95. The molecule has 2 aromatic rings. The van der Waals surface area contributed by atoms with Crippen molar-refractivity contribution in [2.75, 3.05) is 19.9 Å². The summed E-state index contributed by atoms with van der Waals surface area (Å²) in [4.78, 5) is 36.4. The quantitative estimate of drug-likeness (QED) is 0.409.